The Morgan fingerprint density at radius 2 is 1.96 bits per heavy atom. The third-order valence-electron chi connectivity index (χ3n) is 4.07. The van der Waals surface area contributed by atoms with E-state index in [1.807, 2.05) is 36.4 Å². The average Bonchev–Trinajstić information content (AvgIpc) is 3.15. The zero-order valence-corrected chi connectivity index (χ0v) is 16.8. The highest BCUT2D eigenvalue weighted by Crippen LogP contribution is 2.22. The maximum Gasteiger partial charge on any atom is 0.270 e. The van der Waals surface area contributed by atoms with Crippen molar-refractivity contribution in [2.24, 2.45) is 5.73 Å². The molecule has 0 radical (unpaired) electrons. The topological polar surface area (TPSA) is 68.0 Å². The zero-order chi connectivity index (χ0) is 19.2. The first-order chi connectivity index (χ1) is 13.0. The predicted molar refractivity (Wildman–Crippen MR) is 112 cm³/mol. The molecule has 1 aromatic heterocycles. The molecule has 0 saturated carbocycles. The van der Waals surface area contributed by atoms with Crippen LogP contribution in [0, 0.1) is 0 Å². The number of carbonyl (C=O) groups is 1. The van der Waals surface area contributed by atoms with E-state index in [0.717, 1.165) is 16.1 Å². The van der Waals surface area contributed by atoms with Crippen LogP contribution in [0.15, 0.2) is 53.9 Å². The van der Waals surface area contributed by atoms with Crippen molar-refractivity contribution >= 4 is 40.4 Å². The highest BCUT2D eigenvalue weighted by atomic mass is 35.5. The van der Waals surface area contributed by atoms with E-state index in [4.69, 9.17) is 28.9 Å². The first kappa shape index (κ1) is 19.8. The highest BCUT2D eigenvalue weighted by Gasteiger charge is 2.15. The lowest BCUT2D eigenvalue weighted by atomic mass is 10.1. The summed E-state index contributed by atoms with van der Waals surface area (Å²) in [6, 6.07) is 15.1. The van der Waals surface area contributed by atoms with Gasteiger partial charge in [-0.05, 0) is 36.1 Å². The molecule has 0 spiro atoms. The summed E-state index contributed by atoms with van der Waals surface area (Å²) in [4.78, 5) is 16.7. The summed E-state index contributed by atoms with van der Waals surface area (Å²) >= 11 is 13.4. The minimum Gasteiger partial charge on any atom is -0.350 e. The standard InChI is InChI=1S/C20H19Cl2N3OS/c21-15-7-6-14(16(22)11-15)8-9-24-19(26)18-12-27-20(25-18)17(23)10-13-4-2-1-3-5-13/h1-7,11-12,17H,8-10,23H2,(H,24,26). The first-order valence-corrected chi connectivity index (χ1v) is 10.1. The fraction of sp³-hybridized carbons (Fsp3) is 0.200. The summed E-state index contributed by atoms with van der Waals surface area (Å²) in [5.74, 6) is -0.213. The lowest BCUT2D eigenvalue weighted by molar-refractivity contribution is 0.0949. The van der Waals surface area contributed by atoms with Gasteiger partial charge in [-0.1, -0.05) is 59.6 Å². The van der Waals surface area contributed by atoms with E-state index in [1.54, 1.807) is 17.5 Å². The van der Waals surface area contributed by atoms with Crippen LogP contribution in [0.2, 0.25) is 10.0 Å². The predicted octanol–water partition coefficient (Wildman–Crippen LogP) is 4.66. The van der Waals surface area contributed by atoms with Crippen molar-refractivity contribution in [2.45, 2.75) is 18.9 Å². The second-order valence-electron chi connectivity index (χ2n) is 6.11. The van der Waals surface area contributed by atoms with E-state index >= 15 is 0 Å². The van der Waals surface area contributed by atoms with Gasteiger partial charge < -0.3 is 11.1 Å². The van der Waals surface area contributed by atoms with Crippen LogP contribution in [0.3, 0.4) is 0 Å². The smallest absolute Gasteiger partial charge is 0.270 e. The Bertz CT molecular complexity index is 915. The molecule has 3 aromatic rings. The van der Waals surface area contributed by atoms with Crippen LogP contribution in [-0.4, -0.2) is 17.4 Å². The fourth-order valence-electron chi connectivity index (χ4n) is 2.64. The summed E-state index contributed by atoms with van der Waals surface area (Å²) in [6.45, 7) is 0.461. The van der Waals surface area contributed by atoms with Gasteiger partial charge in [-0.3, -0.25) is 4.79 Å². The van der Waals surface area contributed by atoms with Gasteiger partial charge in [0.25, 0.3) is 5.91 Å². The van der Waals surface area contributed by atoms with E-state index in [2.05, 4.69) is 10.3 Å². The van der Waals surface area contributed by atoms with Crippen LogP contribution in [0.4, 0.5) is 0 Å². The Morgan fingerprint density at radius 3 is 2.70 bits per heavy atom. The van der Waals surface area contributed by atoms with Crippen LogP contribution >= 0.6 is 34.5 Å². The SMILES string of the molecule is NC(Cc1ccccc1)c1nc(C(=O)NCCc2ccc(Cl)cc2Cl)cs1. The molecule has 2 aromatic carbocycles. The Kier molecular flexibility index (Phi) is 6.85. The number of nitrogens with zero attached hydrogens (tertiary/aromatic N) is 1. The summed E-state index contributed by atoms with van der Waals surface area (Å²) in [7, 11) is 0. The molecule has 1 amide bonds. The van der Waals surface area contributed by atoms with Gasteiger partial charge in [-0.15, -0.1) is 11.3 Å². The van der Waals surface area contributed by atoms with E-state index in [1.165, 1.54) is 11.3 Å². The van der Waals surface area contributed by atoms with Gasteiger partial charge in [0.1, 0.15) is 10.7 Å². The van der Waals surface area contributed by atoms with E-state index < -0.39 is 0 Å². The summed E-state index contributed by atoms with van der Waals surface area (Å²) < 4.78 is 0. The van der Waals surface area contributed by atoms with Gasteiger partial charge in [0.2, 0.25) is 0 Å². The van der Waals surface area contributed by atoms with Crippen molar-refractivity contribution in [1.29, 1.82) is 0 Å². The molecule has 140 valence electrons. The van der Waals surface area contributed by atoms with Crippen molar-refractivity contribution in [3.8, 4) is 0 Å². The number of halogens is 2. The van der Waals surface area contributed by atoms with Crippen LogP contribution in [0.5, 0.6) is 0 Å². The maximum absolute atomic E-state index is 12.3. The van der Waals surface area contributed by atoms with Crippen molar-refractivity contribution in [1.82, 2.24) is 10.3 Å². The lowest BCUT2D eigenvalue weighted by Crippen LogP contribution is -2.26. The normalized spacial score (nSPS) is 12.0. The Balaban J connectivity index is 1.53. The Labute approximate surface area is 172 Å². The van der Waals surface area contributed by atoms with Crippen LogP contribution < -0.4 is 11.1 Å². The number of carbonyl (C=O) groups excluding carboxylic acids is 1. The van der Waals surface area contributed by atoms with Gasteiger partial charge in [0.05, 0.1) is 6.04 Å². The van der Waals surface area contributed by atoms with Gasteiger partial charge in [-0.25, -0.2) is 4.98 Å². The second-order valence-corrected chi connectivity index (χ2v) is 7.84. The molecule has 27 heavy (non-hydrogen) atoms. The minimum atomic E-state index is -0.230. The molecule has 3 rings (SSSR count). The summed E-state index contributed by atoms with van der Waals surface area (Å²) in [5, 5.41) is 6.55. The molecule has 3 N–H and O–H groups in total. The number of rotatable bonds is 7. The van der Waals surface area contributed by atoms with Gasteiger partial charge in [0.15, 0.2) is 0 Å². The second kappa shape index (κ2) is 9.33. The fourth-order valence-corrected chi connectivity index (χ4v) is 3.95. The monoisotopic (exact) mass is 419 g/mol. The lowest BCUT2D eigenvalue weighted by Gasteiger charge is -2.08. The molecule has 1 heterocycles. The molecule has 0 bridgehead atoms. The molecule has 7 heteroatoms. The number of nitrogens with two attached hydrogens (primary N) is 1. The van der Waals surface area contributed by atoms with Gasteiger partial charge in [0, 0.05) is 22.0 Å². The Hall–Kier alpha value is -1.92. The molecule has 1 atom stereocenters. The summed E-state index contributed by atoms with van der Waals surface area (Å²) in [6.07, 6.45) is 1.30. The molecular weight excluding hydrogens is 401 g/mol. The molecule has 0 saturated heterocycles. The quantitative estimate of drug-likeness (QED) is 0.584. The van der Waals surface area contributed by atoms with Crippen LogP contribution in [0.1, 0.15) is 32.7 Å². The maximum atomic E-state index is 12.3. The Morgan fingerprint density at radius 1 is 1.19 bits per heavy atom. The molecule has 0 aliphatic carbocycles. The van der Waals surface area contributed by atoms with E-state index in [9.17, 15) is 4.79 Å². The van der Waals surface area contributed by atoms with E-state index in [-0.39, 0.29) is 11.9 Å². The van der Waals surface area contributed by atoms with Crippen LogP contribution in [0.25, 0.3) is 0 Å². The van der Waals surface area contributed by atoms with E-state index in [0.29, 0.717) is 35.1 Å². The molecule has 1 unspecified atom stereocenters. The van der Waals surface area contributed by atoms with Gasteiger partial charge in [-0.2, -0.15) is 0 Å². The zero-order valence-electron chi connectivity index (χ0n) is 14.5. The number of hydrogen-bond donors (Lipinski definition) is 2. The van der Waals surface area contributed by atoms with Crippen molar-refractivity contribution in [3.63, 3.8) is 0 Å². The third-order valence-corrected chi connectivity index (χ3v) is 5.63. The first-order valence-electron chi connectivity index (χ1n) is 8.50. The highest BCUT2D eigenvalue weighted by molar-refractivity contribution is 7.09. The largest absolute Gasteiger partial charge is 0.350 e. The minimum absolute atomic E-state index is 0.213. The average molecular weight is 420 g/mol. The van der Waals surface area contributed by atoms with Crippen molar-refractivity contribution in [2.75, 3.05) is 6.54 Å². The molecular formula is C20H19Cl2N3OS. The molecule has 0 fully saturated rings. The number of aromatic nitrogens is 1. The number of nitrogens with one attached hydrogen (secondary N) is 1. The molecule has 0 aliphatic heterocycles. The van der Waals surface area contributed by atoms with Crippen LogP contribution in [-0.2, 0) is 12.8 Å². The van der Waals surface area contributed by atoms with Crippen molar-refractivity contribution in [3.05, 3.63) is 85.8 Å². The number of thiazole rings is 1. The number of hydrogen-bond acceptors (Lipinski definition) is 4. The van der Waals surface area contributed by atoms with Gasteiger partial charge >= 0.3 is 0 Å². The molecule has 4 nitrogen and oxygen atoms in total. The summed E-state index contributed by atoms with van der Waals surface area (Å²) in [5.41, 5.74) is 8.71. The number of benzene rings is 2. The third kappa shape index (κ3) is 5.53. The number of amides is 1. The molecule has 0 aliphatic rings. The van der Waals surface area contributed by atoms with Crippen molar-refractivity contribution < 1.29 is 4.79 Å².